The summed E-state index contributed by atoms with van der Waals surface area (Å²) in [6.45, 7) is 2.50. The SMILES string of the molecule is O=C(OCc1ccccc1)N1CCC2(OCCO2)C2(CCN(c3cc(F)c(F)cc3Oc3cccc(F)c3)C2)C1. The summed E-state index contributed by atoms with van der Waals surface area (Å²) >= 11 is 0. The van der Waals surface area contributed by atoms with Gasteiger partial charge in [0.25, 0.3) is 0 Å². The van der Waals surface area contributed by atoms with Crippen molar-refractivity contribution in [3.63, 3.8) is 0 Å². The van der Waals surface area contributed by atoms with E-state index in [0.717, 1.165) is 17.7 Å². The van der Waals surface area contributed by atoms with Gasteiger partial charge in [0.2, 0.25) is 0 Å². The molecular weight excluding hydrogens is 525 g/mol. The van der Waals surface area contributed by atoms with Crippen LogP contribution in [0.3, 0.4) is 0 Å². The highest BCUT2D eigenvalue weighted by Gasteiger charge is 2.62. The first kappa shape index (κ1) is 26.5. The molecule has 10 heteroatoms. The molecule has 0 aliphatic carbocycles. The van der Waals surface area contributed by atoms with Gasteiger partial charge in [-0.1, -0.05) is 36.4 Å². The Morgan fingerprint density at radius 1 is 0.875 bits per heavy atom. The van der Waals surface area contributed by atoms with Crippen molar-refractivity contribution in [2.45, 2.75) is 25.2 Å². The highest BCUT2D eigenvalue weighted by atomic mass is 19.2. The standard InChI is InChI=1S/C30H29F3N2O5/c31-22-7-4-8-23(15-22)40-27-17-25(33)24(32)16-26(27)34-11-9-29(19-34)20-35(12-10-30(29)38-13-14-39-30)28(36)37-18-21-5-2-1-3-6-21/h1-8,15-17H,9-14,18-20H2. The summed E-state index contributed by atoms with van der Waals surface area (Å²) in [4.78, 5) is 16.6. The number of ether oxygens (including phenoxy) is 4. The third kappa shape index (κ3) is 4.97. The van der Waals surface area contributed by atoms with E-state index in [9.17, 15) is 18.0 Å². The summed E-state index contributed by atoms with van der Waals surface area (Å²) < 4.78 is 66.4. The smallest absolute Gasteiger partial charge is 0.410 e. The van der Waals surface area contributed by atoms with Crippen molar-refractivity contribution in [1.82, 2.24) is 4.90 Å². The lowest BCUT2D eigenvalue weighted by atomic mass is 9.73. The van der Waals surface area contributed by atoms with Gasteiger partial charge in [0.15, 0.2) is 23.2 Å². The molecule has 40 heavy (non-hydrogen) atoms. The van der Waals surface area contributed by atoms with Crippen molar-refractivity contribution < 1.29 is 36.9 Å². The van der Waals surface area contributed by atoms with Gasteiger partial charge < -0.3 is 28.7 Å². The van der Waals surface area contributed by atoms with E-state index in [1.165, 1.54) is 24.3 Å². The number of amides is 1. The molecule has 7 nitrogen and oxygen atoms in total. The number of fused-ring (bicyclic) bond motifs is 1. The number of halogens is 3. The average Bonchev–Trinajstić information content (AvgIpc) is 3.60. The van der Waals surface area contributed by atoms with Gasteiger partial charge in [-0.15, -0.1) is 0 Å². The molecule has 3 aliphatic heterocycles. The zero-order valence-electron chi connectivity index (χ0n) is 21.8. The summed E-state index contributed by atoms with van der Waals surface area (Å²) in [6.07, 6.45) is 0.581. The van der Waals surface area contributed by atoms with Gasteiger partial charge in [-0.05, 0) is 24.1 Å². The minimum Gasteiger partial charge on any atom is -0.455 e. The lowest BCUT2D eigenvalue weighted by Gasteiger charge is -2.50. The molecule has 1 unspecified atom stereocenters. The minimum absolute atomic E-state index is 0.0544. The fourth-order valence-electron chi connectivity index (χ4n) is 6.01. The summed E-state index contributed by atoms with van der Waals surface area (Å²) in [5.41, 5.74) is 0.545. The number of piperidine rings is 1. The molecule has 3 aromatic rings. The van der Waals surface area contributed by atoms with Gasteiger partial charge in [-0.2, -0.15) is 0 Å². The Morgan fingerprint density at radius 3 is 2.42 bits per heavy atom. The predicted octanol–water partition coefficient (Wildman–Crippen LogP) is 5.88. The van der Waals surface area contributed by atoms with Gasteiger partial charge in [-0.25, -0.2) is 18.0 Å². The zero-order chi connectivity index (χ0) is 27.7. The van der Waals surface area contributed by atoms with Crippen molar-refractivity contribution in [3.05, 3.63) is 89.7 Å². The number of anilines is 1. The first-order valence-corrected chi connectivity index (χ1v) is 13.3. The van der Waals surface area contributed by atoms with Crippen LogP contribution in [0.4, 0.5) is 23.7 Å². The number of carbonyl (C=O) groups is 1. The largest absolute Gasteiger partial charge is 0.455 e. The molecule has 3 heterocycles. The Labute approximate surface area is 230 Å². The number of likely N-dealkylation sites (tertiary alicyclic amines) is 1. The fourth-order valence-corrected chi connectivity index (χ4v) is 6.01. The summed E-state index contributed by atoms with van der Waals surface area (Å²) in [7, 11) is 0. The van der Waals surface area contributed by atoms with Gasteiger partial charge in [-0.3, -0.25) is 0 Å². The third-order valence-electron chi connectivity index (χ3n) is 7.95. The molecular formula is C30H29F3N2O5. The molecule has 3 aromatic carbocycles. The van der Waals surface area contributed by atoms with Crippen LogP contribution in [0, 0.1) is 22.9 Å². The number of hydrogen-bond donors (Lipinski definition) is 0. The van der Waals surface area contributed by atoms with E-state index >= 15 is 0 Å². The summed E-state index contributed by atoms with van der Waals surface area (Å²) in [6, 6.07) is 16.9. The molecule has 0 aromatic heterocycles. The number of benzene rings is 3. The van der Waals surface area contributed by atoms with E-state index in [2.05, 4.69) is 0 Å². The van der Waals surface area contributed by atoms with Crippen LogP contribution in [0.25, 0.3) is 0 Å². The molecule has 210 valence electrons. The number of hydrogen-bond acceptors (Lipinski definition) is 6. The number of carbonyl (C=O) groups excluding carboxylic acids is 1. The van der Waals surface area contributed by atoms with Crippen LogP contribution in [-0.4, -0.2) is 56.2 Å². The molecule has 0 saturated carbocycles. The predicted molar refractivity (Wildman–Crippen MR) is 140 cm³/mol. The second kappa shape index (κ2) is 10.7. The van der Waals surface area contributed by atoms with Crippen LogP contribution in [-0.2, 0) is 20.8 Å². The Kier molecular flexibility index (Phi) is 7.06. The first-order valence-electron chi connectivity index (χ1n) is 13.3. The van der Waals surface area contributed by atoms with Crippen LogP contribution < -0.4 is 9.64 Å². The van der Waals surface area contributed by atoms with Crippen molar-refractivity contribution in [2.75, 3.05) is 44.3 Å². The van der Waals surface area contributed by atoms with E-state index in [-0.39, 0.29) is 18.1 Å². The average molecular weight is 555 g/mol. The lowest BCUT2D eigenvalue weighted by Crippen LogP contribution is -2.62. The maximum absolute atomic E-state index is 14.5. The summed E-state index contributed by atoms with van der Waals surface area (Å²) in [5, 5.41) is 0. The molecule has 3 saturated heterocycles. The first-order chi connectivity index (χ1) is 19.4. The Bertz CT molecular complexity index is 1390. The topological polar surface area (TPSA) is 60.5 Å². The number of rotatable bonds is 5. The molecule has 1 amide bonds. The van der Waals surface area contributed by atoms with E-state index in [4.69, 9.17) is 18.9 Å². The molecule has 0 radical (unpaired) electrons. The maximum atomic E-state index is 14.5. The van der Waals surface area contributed by atoms with E-state index < -0.39 is 34.7 Å². The van der Waals surface area contributed by atoms with E-state index in [1.807, 2.05) is 35.2 Å². The Morgan fingerprint density at radius 2 is 1.65 bits per heavy atom. The highest BCUT2D eigenvalue weighted by Crippen LogP contribution is 2.52. The normalized spacial score (nSPS) is 21.8. The molecule has 3 fully saturated rings. The molecule has 2 spiro atoms. The second-order valence-corrected chi connectivity index (χ2v) is 10.4. The molecule has 0 N–H and O–H groups in total. The van der Waals surface area contributed by atoms with E-state index in [0.29, 0.717) is 57.9 Å². The monoisotopic (exact) mass is 554 g/mol. The molecule has 6 rings (SSSR count). The lowest BCUT2D eigenvalue weighted by molar-refractivity contribution is -0.255. The van der Waals surface area contributed by atoms with Gasteiger partial charge in [0, 0.05) is 50.8 Å². The quantitative estimate of drug-likeness (QED) is 0.393. The van der Waals surface area contributed by atoms with Crippen LogP contribution in [0.15, 0.2) is 66.7 Å². The van der Waals surface area contributed by atoms with Crippen LogP contribution in [0.2, 0.25) is 0 Å². The Hall–Kier alpha value is -3.76. The molecule has 3 aliphatic rings. The number of nitrogens with zero attached hydrogens (tertiary/aromatic N) is 2. The van der Waals surface area contributed by atoms with Crippen LogP contribution in [0.5, 0.6) is 11.5 Å². The zero-order valence-corrected chi connectivity index (χ0v) is 21.8. The fraction of sp³-hybridized carbons (Fsp3) is 0.367. The van der Waals surface area contributed by atoms with Gasteiger partial charge in [0.1, 0.15) is 18.2 Å². The third-order valence-corrected chi connectivity index (χ3v) is 7.95. The van der Waals surface area contributed by atoms with Gasteiger partial charge >= 0.3 is 6.09 Å². The van der Waals surface area contributed by atoms with Crippen LogP contribution >= 0.6 is 0 Å². The molecule has 0 bridgehead atoms. The second-order valence-electron chi connectivity index (χ2n) is 10.4. The van der Waals surface area contributed by atoms with Crippen molar-refractivity contribution in [3.8, 4) is 11.5 Å². The van der Waals surface area contributed by atoms with Gasteiger partial charge in [0.05, 0.1) is 24.3 Å². The van der Waals surface area contributed by atoms with E-state index in [1.54, 1.807) is 4.90 Å². The highest BCUT2D eigenvalue weighted by molar-refractivity contribution is 5.68. The Balaban J connectivity index is 1.25. The van der Waals surface area contributed by atoms with Crippen LogP contribution in [0.1, 0.15) is 18.4 Å². The van der Waals surface area contributed by atoms with Crippen molar-refractivity contribution in [2.24, 2.45) is 5.41 Å². The minimum atomic E-state index is -1.08. The maximum Gasteiger partial charge on any atom is 0.410 e. The van der Waals surface area contributed by atoms with Crippen molar-refractivity contribution in [1.29, 1.82) is 0 Å². The summed E-state index contributed by atoms with van der Waals surface area (Å²) in [5.74, 6) is -3.32. The molecule has 1 atom stereocenters. The van der Waals surface area contributed by atoms with Crippen molar-refractivity contribution >= 4 is 11.8 Å².